The molecular weight excluding hydrogens is 337 g/mol. The molecule has 2 aromatic rings. The predicted octanol–water partition coefficient (Wildman–Crippen LogP) is 2.39. The smallest absolute Gasteiger partial charge is 0.341 e. The molecular formula is C19H24FN3O3. The van der Waals surface area contributed by atoms with Crippen molar-refractivity contribution in [3.63, 3.8) is 0 Å². The van der Waals surface area contributed by atoms with Crippen LogP contribution in [0.25, 0.3) is 10.9 Å². The molecule has 1 fully saturated rings. The summed E-state index contributed by atoms with van der Waals surface area (Å²) in [6.07, 6.45) is 3.24. The number of nitrogens with zero attached hydrogens (tertiary/aromatic N) is 3. The highest BCUT2D eigenvalue weighted by molar-refractivity contribution is 5.93. The fraction of sp³-hybridized carbons (Fsp3) is 0.474. The van der Waals surface area contributed by atoms with Gasteiger partial charge in [-0.15, -0.1) is 0 Å². The molecule has 1 saturated heterocycles. The highest BCUT2D eigenvalue weighted by Gasteiger charge is 2.24. The molecule has 1 N–H and O–H groups in total. The van der Waals surface area contributed by atoms with E-state index in [1.54, 1.807) is 10.6 Å². The van der Waals surface area contributed by atoms with Crippen molar-refractivity contribution >= 4 is 22.6 Å². The topological polar surface area (TPSA) is 65.8 Å². The number of pyridine rings is 1. The van der Waals surface area contributed by atoms with E-state index in [1.165, 1.54) is 12.3 Å². The van der Waals surface area contributed by atoms with E-state index in [0.717, 1.165) is 25.9 Å². The van der Waals surface area contributed by atoms with Gasteiger partial charge >= 0.3 is 5.97 Å². The van der Waals surface area contributed by atoms with Crippen molar-refractivity contribution < 1.29 is 14.3 Å². The Morgan fingerprint density at radius 2 is 1.96 bits per heavy atom. The Bertz CT molecular complexity index is 899. The van der Waals surface area contributed by atoms with E-state index in [4.69, 9.17) is 0 Å². The first-order chi connectivity index (χ1) is 12.3. The number of benzene rings is 1. The van der Waals surface area contributed by atoms with E-state index in [9.17, 15) is 19.1 Å². The molecule has 0 bridgehead atoms. The Labute approximate surface area is 151 Å². The summed E-state index contributed by atoms with van der Waals surface area (Å²) in [7, 11) is 4.10. The van der Waals surface area contributed by atoms with E-state index < -0.39 is 17.2 Å². The van der Waals surface area contributed by atoms with Crippen LogP contribution in [-0.4, -0.2) is 53.8 Å². The van der Waals surface area contributed by atoms with Crippen LogP contribution in [0.1, 0.15) is 30.1 Å². The predicted molar refractivity (Wildman–Crippen MR) is 99.7 cm³/mol. The summed E-state index contributed by atoms with van der Waals surface area (Å²) in [5.41, 5.74) is 0.0558. The van der Waals surface area contributed by atoms with E-state index in [0.29, 0.717) is 23.8 Å². The van der Waals surface area contributed by atoms with Gasteiger partial charge in [0, 0.05) is 37.3 Å². The fourth-order valence-electron chi connectivity index (χ4n) is 3.68. The number of hydrogen-bond acceptors (Lipinski definition) is 4. The molecule has 0 amide bonds. The Hall–Kier alpha value is -2.41. The molecule has 7 heteroatoms. The van der Waals surface area contributed by atoms with Crippen molar-refractivity contribution in [2.75, 3.05) is 32.1 Å². The molecule has 6 nitrogen and oxygen atoms in total. The van der Waals surface area contributed by atoms with E-state index in [1.807, 2.05) is 11.8 Å². The van der Waals surface area contributed by atoms with Crippen molar-refractivity contribution in [1.82, 2.24) is 9.47 Å². The van der Waals surface area contributed by atoms with Crippen LogP contribution in [0, 0.1) is 5.82 Å². The molecule has 1 aliphatic rings. The monoisotopic (exact) mass is 361 g/mol. The van der Waals surface area contributed by atoms with Gasteiger partial charge in [-0.3, -0.25) is 4.79 Å². The van der Waals surface area contributed by atoms with Crippen LogP contribution >= 0.6 is 0 Å². The summed E-state index contributed by atoms with van der Waals surface area (Å²) >= 11 is 0. The van der Waals surface area contributed by atoms with E-state index in [2.05, 4.69) is 19.0 Å². The van der Waals surface area contributed by atoms with Crippen molar-refractivity contribution in [3.8, 4) is 0 Å². The Morgan fingerprint density at radius 1 is 1.31 bits per heavy atom. The third-order valence-electron chi connectivity index (χ3n) is 5.26. The van der Waals surface area contributed by atoms with Crippen LogP contribution in [-0.2, 0) is 6.54 Å². The van der Waals surface area contributed by atoms with Crippen LogP contribution in [0.3, 0.4) is 0 Å². The average Bonchev–Trinajstić information content (AvgIpc) is 2.62. The first kappa shape index (κ1) is 18.4. The molecule has 0 aliphatic carbocycles. The first-order valence-corrected chi connectivity index (χ1v) is 8.84. The van der Waals surface area contributed by atoms with Gasteiger partial charge in [-0.25, -0.2) is 9.18 Å². The Balaban J connectivity index is 2.07. The van der Waals surface area contributed by atoms with Crippen molar-refractivity contribution in [2.45, 2.75) is 32.4 Å². The van der Waals surface area contributed by atoms with Crippen molar-refractivity contribution in [3.05, 3.63) is 39.9 Å². The number of carboxylic acid groups (broad SMARTS) is 1. The number of aromatic carboxylic acids is 1. The van der Waals surface area contributed by atoms with Gasteiger partial charge < -0.3 is 19.5 Å². The number of halogens is 1. The summed E-state index contributed by atoms with van der Waals surface area (Å²) in [6.45, 7) is 3.84. The number of anilines is 1. The highest BCUT2D eigenvalue weighted by Crippen LogP contribution is 2.28. The second-order valence-corrected chi connectivity index (χ2v) is 6.97. The number of rotatable bonds is 4. The van der Waals surface area contributed by atoms with Crippen LogP contribution in [0.4, 0.5) is 10.1 Å². The third kappa shape index (κ3) is 3.19. The van der Waals surface area contributed by atoms with Gasteiger partial charge in [0.15, 0.2) is 0 Å². The van der Waals surface area contributed by atoms with Gasteiger partial charge in [-0.1, -0.05) is 0 Å². The van der Waals surface area contributed by atoms with Crippen molar-refractivity contribution in [1.29, 1.82) is 0 Å². The fourth-order valence-corrected chi connectivity index (χ4v) is 3.68. The lowest BCUT2D eigenvalue weighted by molar-refractivity contribution is 0.0695. The minimum Gasteiger partial charge on any atom is -0.477 e. The number of piperidine rings is 1. The number of hydrogen-bond donors (Lipinski definition) is 1. The van der Waals surface area contributed by atoms with E-state index in [-0.39, 0.29) is 10.9 Å². The zero-order valence-corrected chi connectivity index (χ0v) is 15.3. The summed E-state index contributed by atoms with van der Waals surface area (Å²) in [5, 5.41) is 9.33. The molecule has 2 heterocycles. The SMILES string of the molecule is CCn1cc(C(=O)O)c(=O)c2cc(F)c(N3CCC(N(C)C)CC3)cc21. The molecule has 3 rings (SSSR count). The summed E-state index contributed by atoms with van der Waals surface area (Å²) in [6, 6.07) is 3.35. The second-order valence-electron chi connectivity index (χ2n) is 6.97. The number of fused-ring (bicyclic) bond motifs is 1. The molecule has 0 spiro atoms. The van der Waals surface area contributed by atoms with Crippen LogP contribution in [0.2, 0.25) is 0 Å². The lowest BCUT2D eigenvalue weighted by Gasteiger charge is -2.36. The first-order valence-electron chi connectivity index (χ1n) is 8.84. The molecule has 1 aromatic heterocycles. The molecule has 26 heavy (non-hydrogen) atoms. The lowest BCUT2D eigenvalue weighted by atomic mass is 10.0. The highest BCUT2D eigenvalue weighted by atomic mass is 19.1. The number of aromatic nitrogens is 1. The normalized spacial score (nSPS) is 15.8. The summed E-state index contributed by atoms with van der Waals surface area (Å²) < 4.78 is 16.5. The minimum atomic E-state index is -1.30. The summed E-state index contributed by atoms with van der Waals surface area (Å²) in [4.78, 5) is 27.9. The van der Waals surface area contributed by atoms with Gasteiger partial charge in [-0.05, 0) is 46.0 Å². The van der Waals surface area contributed by atoms with Gasteiger partial charge in [0.05, 0.1) is 11.2 Å². The van der Waals surface area contributed by atoms with Gasteiger partial charge in [0.2, 0.25) is 5.43 Å². The van der Waals surface area contributed by atoms with E-state index >= 15 is 0 Å². The number of carboxylic acids is 1. The molecule has 0 radical (unpaired) electrons. The maximum atomic E-state index is 14.8. The maximum absolute atomic E-state index is 14.8. The Kier molecular flexibility index (Phi) is 5.00. The van der Waals surface area contributed by atoms with Crippen LogP contribution in [0.15, 0.2) is 23.1 Å². The number of aryl methyl sites for hydroxylation is 1. The summed E-state index contributed by atoms with van der Waals surface area (Å²) in [5.74, 6) is -1.78. The molecule has 1 aromatic carbocycles. The van der Waals surface area contributed by atoms with Gasteiger partial charge in [0.25, 0.3) is 0 Å². The minimum absolute atomic E-state index is 0.108. The van der Waals surface area contributed by atoms with Crippen LogP contribution in [0.5, 0.6) is 0 Å². The van der Waals surface area contributed by atoms with Gasteiger partial charge in [0.1, 0.15) is 11.4 Å². The quantitative estimate of drug-likeness (QED) is 0.906. The molecule has 140 valence electrons. The number of carbonyl (C=O) groups is 1. The zero-order valence-electron chi connectivity index (χ0n) is 15.3. The maximum Gasteiger partial charge on any atom is 0.341 e. The standard InChI is InChI=1S/C19H24FN3O3/c1-4-22-11-14(19(25)26)18(24)13-9-15(20)17(10-16(13)22)23-7-5-12(6-8-23)21(2)3/h9-12H,4-8H2,1-3H3,(H,25,26). The molecule has 1 aliphatic heterocycles. The largest absolute Gasteiger partial charge is 0.477 e. The third-order valence-corrected chi connectivity index (χ3v) is 5.26. The lowest BCUT2D eigenvalue weighted by Crippen LogP contribution is -2.42. The zero-order chi connectivity index (χ0) is 19.0. The molecule has 0 saturated carbocycles. The average molecular weight is 361 g/mol. The van der Waals surface area contributed by atoms with Crippen LogP contribution < -0.4 is 10.3 Å². The second kappa shape index (κ2) is 7.07. The molecule has 0 atom stereocenters. The van der Waals surface area contributed by atoms with Gasteiger partial charge in [-0.2, -0.15) is 0 Å². The Morgan fingerprint density at radius 3 is 2.50 bits per heavy atom. The van der Waals surface area contributed by atoms with Crippen molar-refractivity contribution in [2.24, 2.45) is 0 Å². The molecule has 0 unspecified atom stereocenters.